The lowest BCUT2D eigenvalue weighted by Crippen LogP contribution is -2.44. The summed E-state index contributed by atoms with van der Waals surface area (Å²) < 4.78 is 43.9. The van der Waals surface area contributed by atoms with Gasteiger partial charge in [0.05, 0.1) is 19.8 Å². The average Bonchev–Trinajstić information content (AvgIpc) is 3.40. The van der Waals surface area contributed by atoms with Gasteiger partial charge in [0.15, 0.2) is 43.3 Å². The van der Waals surface area contributed by atoms with E-state index in [1.807, 2.05) is 84.0 Å². The molecule has 0 saturated heterocycles. The van der Waals surface area contributed by atoms with Gasteiger partial charge in [-0.1, -0.05) is 18.2 Å². The molecule has 4 atom stereocenters. The number of methoxy groups -OCH3 is 1. The predicted octanol–water partition coefficient (Wildman–Crippen LogP) is 6.02. The zero-order valence-corrected chi connectivity index (χ0v) is 43.0. The molecule has 18 nitrogen and oxygen atoms in total. The molecule has 0 spiro atoms. The van der Waals surface area contributed by atoms with E-state index in [4.69, 9.17) is 33.2 Å². The first kappa shape index (κ1) is 61.4. The third-order valence-corrected chi connectivity index (χ3v) is 11.9. The monoisotopic (exact) mass is 1020 g/mol. The van der Waals surface area contributed by atoms with Crippen LogP contribution in [-0.4, -0.2) is 112 Å². The number of esters is 6. The molecule has 404 valence electrons. The number of hydrogen-bond donors (Lipinski definition) is 2. The highest BCUT2D eigenvalue weighted by molar-refractivity contribution is 5.73. The third kappa shape index (κ3) is 27.7. The highest BCUT2D eigenvalue weighted by Gasteiger charge is 2.31. The second-order valence-corrected chi connectivity index (χ2v) is 17.9. The van der Waals surface area contributed by atoms with Gasteiger partial charge in [-0.2, -0.15) is 13.7 Å². The molecule has 0 radical (unpaired) electrons. The standard InChI is InChI=1S/C55H82N3O15/c1-67-40-25-13-28-49(58-36-18-7-19-37-58)55(66)70-42-23-3-9-30-51(62)72-45-46(73-52(63)31-10-4-24-43-69-54(65)48(27-12-21-39-60)57-34-16-6-17-35-57)44-71-50(61)29-8-2-22-41-68-53(64)47(26-11-20-38-59)56-32-14-5-15-33-56/h5-7,14-19,32-37,46-49,59-60H,2-4,8-13,20-31,38-45H2,1H3/q+3. The summed E-state index contributed by atoms with van der Waals surface area (Å²) in [6.07, 6.45) is 20.6. The first-order valence-electron chi connectivity index (χ1n) is 26.2. The van der Waals surface area contributed by atoms with Crippen molar-refractivity contribution in [2.45, 2.75) is 159 Å². The number of carbonyl (C=O) groups is 6. The lowest BCUT2D eigenvalue weighted by Gasteiger charge is -2.18. The first-order valence-corrected chi connectivity index (χ1v) is 26.2. The van der Waals surface area contributed by atoms with Crippen LogP contribution in [0.5, 0.6) is 0 Å². The van der Waals surface area contributed by atoms with Gasteiger partial charge in [0, 0.05) is 102 Å². The molecule has 4 unspecified atom stereocenters. The van der Waals surface area contributed by atoms with E-state index in [0.29, 0.717) is 109 Å². The number of aliphatic hydroxyl groups is 2. The molecule has 0 bridgehead atoms. The summed E-state index contributed by atoms with van der Waals surface area (Å²) in [7, 11) is 1.65. The molecule has 2 N–H and O–H groups in total. The summed E-state index contributed by atoms with van der Waals surface area (Å²) in [4.78, 5) is 77.5. The Morgan fingerprint density at radius 3 is 1.05 bits per heavy atom. The smallest absolute Gasteiger partial charge is 0.375 e. The van der Waals surface area contributed by atoms with E-state index in [-0.39, 0.29) is 83.4 Å². The molecule has 0 amide bonds. The van der Waals surface area contributed by atoms with Crippen LogP contribution >= 0.6 is 0 Å². The summed E-state index contributed by atoms with van der Waals surface area (Å²) in [5, 5.41) is 18.4. The van der Waals surface area contributed by atoms with E-state index in [2.05, 4.69) is 0 Å². The maximum atomic E-state index is 13.0. The summed E-state index contributed by atoms with van der Waals surface area (Å²) in [6.45, 7) is 0.639. The zero-order valence-electron chi connectivity index (χ0n) is 43.0. The van der Waals surface area contributed by atoms with Gasteiger partial charge < -0.3 is 43.4 Å². The molecule has 0 aliphatic heterocycles. The normalized spacial score (nSPS) is 12.7. The molecule has 18 heteroatoms. The van der Waals surface area contributed by atoms with E-state index in [9.17, 15) is 39.0 Å². The quantitative estimate of drug-likeness (QED) is 0.0287. The summed E-state index contributed by atoms with van der Waals surface area (Å²) >= 11 is 0. The van der Waals surface area contributed by atoms with E-state index < -0.39 is 42.1 Å². The van der Waals surface area contributed by atoms with Gasteiger partial charge in [-0.3, -0.25) is 14.4 Å². The van der Waals surface area contributed by atoms with Crippen molar-refractivity contribution in [3.63, 3.8) is 0 Å². The van der Waals surface area contributed by atoms with Crippen molar-refractivity contribution in [3.8, 4) is 0 Å². The Balaban J connectivity index is 1.43. The predicted molar refractivity (Wildman–Crippen MR) is 265 cm³/mol. The molecule has 3 heterocycles. The van der Waals surface area contributed by atoms with Crippen LogP contribution < -0.4 is 13.7 Å². The van der Waals surface area contributed by atoms with Crippen LogP contribution in [0.2, 0.25) is 0 Å². The zero-order chi connectivity index (χ0) is 52.6. The largest absolute Gasteiger partial charge is 0.462 e. The van der Waals surface area contributed by atoms with Gasteiger partial charge in [0.2, 0.25) is 0 Å². The Morgan fingerprint density at radius 2 is 0.712 bits per heavy atom. The highest BCUT2D eigenvalue weighted by Crippen LogP contribution is 2.16. The van der Waals surface area contributed by atoms with Crippen molar-refractivity contribution in [1.29, 1.82) is 0 Å². The van der Waals surface area contributed by atoms with Gasteiger partial charge in [-0.15, -0.1) is 0 Å². The molecule has 0 aromatic carbocycles. The van der Waals surface area contributed by atoms with Crippen molar-refractivity contribution in [2.24, 2.45) is 0 Å². The number of aliphatic hydroxyl groups excluding tert-OH is 2. The Labute approximate surface area is 431 Å². The molecule has 73 heavy (non-hydrogen) atoms. The number of rotatable bonds is 42. The number of carbonyl (C=O) groups excluding carboxylic acids is 6. The van der Waals surface area contributed by atoms with Gasteiger partial charge >= 0.3 is 35.8 Å². The van der Waals surface area contributed by atoms with Crippen LogP contribution in [0.4, 0.5) is 0 Å². The van der Waals surface area contributed by atoms with Crippen LogP contribution in [-0.2, 0) is 61.9 Å². The molecule has 0 fully saturated rings. The maximum absolute atomic E-state index is 13.0. The summed E-state index contributed by atoms with van der Waals surface area (Å²) in [5.41, 5.74) is 0. The fraction of sp³-hybridized carbons (Fsp3) is 0.618. The van der Waals surface area contributed by atoms with Crippen molar-refractivity contribution in [1.82, 2.24) is 0 Å². The minimum Gasteiger partial charge on any atom is -0.462 e. The van der Waals surface area contributed by atoms with Crippen LogP contribution in [0.15, 0.2) is 91.8 Å². The van der Waals surface area contributed by atoms with E-state index in [1.54, 1.807) is 28.6 Å². The second kappa shape index (κ2) is 39.7. The Bertz CT molecular complexity index is 1960. The van der Waals surface area contributed by atoms with Gasteiger partial charge in [0.25, 0.3) is 18.1 Å². The fourth-order valence-corrected chi connectivity index (χ4v) is 7.84. The molecular weight excluding hydrogens is 943 g/mol. The van der Waals surface area contributed by atoms with Gasteiger partial charge in [-0.25, -0.2) is 14.4 Å². The van der Waals surface area contributed by atoms with E-state index in [1.165, 1.54) is 0 Å². The maximum Gasteiger partial charge on any atom is 0.375 e. The minimum absolute atomic E-state index is 0.0389. The molecular formula is C55H82N3O15+3. The lowest BCUT2D eigenvalue weighted by atomic mass is 10.1. The van der Waals surface area contributed by atoms with Crippen LogP contribution in [0, 0.1) is 0 Å². The fourth-order valence-electron chi connectivity index (χ4n) is 7.84. The number of pyridine rings is 3. The van der Waals surface area contributed by atoms with Crippen LogP contribution in [0.25, 0.3) is 0 Å². The van der Waals surface area contributed by atoms with Crippen LogP contribution in [0.3, 0.4) is 0 Å². The number of aromatic nitrogens is 3. The highest BCUT2D eigenvalue weighted by atomic mass is 16.6. The number of ether oxygens (including phenoxy) is 7. The summed E-state index contributed by atoms with van der Waals surface area (Å²) in [6, 6.07) is 15.2. The average molecular weight is 1030 g/mol. The summed E-state index contributed by atoms with van der Waals surface area (Å²) in [5.74, 6) is -2.64. The molecule has 3 rings (SSSR count). The van der Waals surface area contributed by atoms with Crippen molar-refractivity contribution >= 4 is 35.8 Å². The van der Waals surface area contributed by atoms with Crippen LogP contribution in [0.1, 0.15) is 153 Å². The number of unbranched alkanes of at least 4 members (excludes halogenated alkanes) is 9. The number of nitrogens with zero attached hydrogens (tertiary/aromatic N) is 3. The molecule has 0 saturated carbocycles. The Kier molecular flexibility index (Phi) is 33.4. The molecule has 3 aromatic rings. The van der Waals surface area contributed by atoms with Gasteiger partial charge in [-0.05, 0) is 96.3 Å². The minimum atomic E-state index is -1.05. The molecule has 0 aliphatic carbocycles. The van der Waals surface area contributed by atoms with Crippen molar-refractivity contribution in [2.75, 3.05) is 60.0 Å². The third-order valence-electron chi connectivity index (χ3n) is 11.9. The SMILES string of the molecule is COCCCCC(C(=O)OCCCCCC(=O)OCC(COC(=O)CCCCCOC(=O)C(CCCCO)[n+]1ccccc1)OC(=O)CCCCCOC(=O)C(CCCCO)[n+]1ccccc1)[n+]1ccccc1. The lowest BCUT2D eigenvalue weighted by molar-refractivity contribution is -0.711. The molecule has 3 aromatic heterocycles. The Morgan fingerprint density at radius 1 is 0.384 bits per heavy atom. The molecule has 0 aliphatic rings. The van der Waals surface area contributed by atoms with Crippen molar-refractivity contribution < 1.29 is 85.8 Å². The topological polar surface area (TPSA) is 219 Å². The number of hydrogen-bond acceptors (Lipinski definition) is 15. The van der Waals surface area contributed by atoms with Crippen molar-refractivity contribution in [3.05, 3.63) is 91.8 Å². The Hall–Kier alpha value is -5.85. The first-order chi connectivity index (χ1) is 35.7. The second-order valence-electron chi connectivity index (χ2n) is 17.9. The van der Waals surface area contributed by atoms with Gasteiger partial charge in [0.1, 0.15) is 13.2 Å². The van der Waals surface area contributed by atoms with E-state index >= 15 is 0 Å². The van der Waals surface area contributed by atoms with E-state index in [0.717, 1.165) is 12.8 Å².